The number of hydrogen-bond acceptors (Lipinski definition) is 2. The molecule has 1 aromatic heterocycles. The van der Waals surface area contributed by atoms with Crippen molar-refractivity contribution in [3.05, 3.63) is 88.5 Å². The number of nitrogens with zero attached hydrogens (tertiary/aromatic N) is 3. The zero-order chi connectivity index (χ0) is 21.4. The Morgan fingerprint density at radius 2 is 1.90 bits per heavy atom. The highest BCUT2D eigenvalue weighted by molar-refractivity contribution is 5.98. The number of piperidine rings is 1. The average Bonchev–Trinajstić information content (AvgIpc) is 3.21. The molecule has 5 rings (SSSR count). The van der Waals surface area contributed by atoms with Crippen LogP contribution in [0.25, 0.3) is 11.8 Å². The summed E-state index contributed by atoms with van der Waals surface area (Å²) >= 11 is 0. The topological polar surface area (TPSA) is 38.1 Å². The number of aryl methyl sites for hydroxylation is 3. The predicted octanol–water partition coefficient (Wildman–Crippen LogP) is 5.05. The fourth-order valence-electron chi connectivity index (χ4n) is 5.07. The van der Waals surface area contributed by atoms with E-state index < -0.39 is 0 Å². The summed E-state index contributed by atoms with van der Waals surface area (Å²) in [6.07, 6.45) is 11.0. The number of rotatable bonds is 3. The van der Waals surface area contributed by atoms with Crippen LogP contribution in [0.3, 0.4) is 0 Å². The molecule has 4 nitrogen and oxygen atoms in total. The third kappa shape index (κ3) is 3.95. The summed E-state index contributed by atoms with van der Waals surface area (Å²) in [5.74, 6) is 0.225. The third-order valence-corrected chi connectivity index (χ3v) is 6.69. The Labute approximate surface area is 184 Å². The van der Waals surface area contributed by atoms with Gasteiger partial charge in [0.2, 0.25) is 5.91 Å². The van der Waals surface area contributed by atoms with Crippen LogP contribution in [0.5, 0.6) is 0 Å². The minimum Gasteiger partial charge on any atom is -0.336 e. The van der Waals surface area contributed by atoms with Crippen molar-refractivity contribution in [3.63, 3.8) is 0 Å². The number of carbonyl (C=O) groups excluding carboxylic acids is 1. The molecule has 2 aliphatic rings. The fourth-order valence-corrected chi connectivity index (χ4v) is 5.07. The smallest absolute Gasteiger partial charge is 0.250 e. The van der Waals surface area contributed by atoms with Crippen molar-refractivity contribution in [2.45, 2.75) is 52.0 Å². The lowest BCUT2D eigenvalue weighted by molar-refractivity contribution is -0.131. The Morgan fingerprint density at radius 3 is 2.68 bits per heavy atom. The number of likely N-dealkylation sites (tertiary alicyclic amines) is 1. The van der Waals surface area contributed by atoms with Crippen molar-refractivity contribution in [3.8, 4) is 5.69 Å². The molecule has 0 bridgehead atoms. The van der Waals surface area contributed by atoms with E-state index in [-0.39, 0.29) is 5.91 Å². The second kappa shape index (κ2) is 8.18. The minimum absolute atomic E-state index is 0.225. The van der Waals surface area contributed by atoms with E-state index >= 15 is 0 Å². The SMILES string of the molecule is Cc1cn(-c2ccc(/C=C3\CCCN([C@@H]4CCc5ccccc5C4)C3=O)cc2C)cn1. The van der Waals surface area contributed by atoms with Crippen LogP contribution in [0.2, 0.25) is 0 Å². The standard InChI is InChI=1S/C27H29N3O/c1-19-14-21(9-12-26(19)29-17-20(2)28-18-29)15-24-8-5-13-30(27(24)31)25-11-10-22-6-3-4-7-23(22)16-25/h3-4,6-7,9,12,14-15,17-18,25H,5,8,10-11,13,16H2,1-2H3/b24-15+/t25-/m1/s1. The molecule has 158 valence electrons. The molecule has 1 atom stereocenters. The molecule has 1 saturated heterocycles. The van der Waals surface area contributed by atoms with Crippen LogP contribution in [-0.4, -0.2) is 32.9 Å². The zero-order valence-corrected chi connectivity index (χ0v) is 18.3. The Bertz CT molecular complexity index is 1160. The van der Waals surface area contributed by atoms with Gasteiger partial charge < -0.3 is 9.47 Å². The molecule has 3 aromatic rings. The van der Waals surface area contributed by atoms with Crippen molar-refractivity contribution < 1.29 is 4.79 Å². The maximum absolute atomic E-state index is 13.4. The second-order valence-electron chi connectivity index (χ2n) is 8.91. The van der Waals surface area contributed by atoms with Crippen LogP contribution in [0.15, 0.2) is 60.6 Å². The second-order valence-corrected chi connectivity index (χ2v) is 8.91. The normalized spacial score (nSPS) is 20.2. The molecule has 1 amide bonds. The van der Waals surface area contributed by atoms with E-state index in [4.69, 9.17) is 0 Å². The Hall–Kier alpha value is -3.14. The van der Waals surface area contributed by atoms with Crippen LogP contribution >= 0.6 is 0 Å². The molecule has 2 aromatic carbocycles. The van der Waals surface area contributed by atoms with E-state index in [0.29, 0.717) is 6.04 Å². The molecular weight excluding hydrogens is 382 g/mol. The van der Waals surface area contributed by atoms with Gasteiger partial charge in [0.15, 0.2) is 0 Å². The highest BCUT2D eigenvalue weighted by Crippen LogP contribution is 2.29. The number of amides is 1. The Morgan fingerprint density at radius 1 is 1.06 bits per heavy atom. The van der Waals surface area contributed by atoms with E-state index in [1.54, 1.807) is 0 Å². The van der Waals surface area contributed by atoms with E-state index in [1.165, 1.54) is 16.7 Å². The number of fused-ring (bicyclic) bond motifs is 1. The first kappa shape index (κ1) is 19.8. The number of imidazole rings is 1. The maximum Gasteiger partial charge on any atom is 0.250 e. The minimum atomic E-state index is 0.225. The number of hydrogen-bond donors (Lipinski definition) is 0. The van der Waals surface area contributed by atoms with Crippen molar-refractivity contribution in [1.82, 2.24) is 14.5 Å². The molecule has 2 heterocycles. The molecule has 4 heteroatoms. The van der Waals surface area contributed by atoms with Crippen molar-refractivity contribution >= 4 is 12.0 Å². The number of benzene rings is 2. The van der Waals surface area contributed by atoms with E-state index in [2.05, 4.69) is 69.9 Å². The largest absolute Gasteiger partial charge is 0.336 e. The van der Waals surface area contributed by atoms with Gasteiger partial charge in [0.25, 0.3) is 0 Å². The van der Waals surface area contributed by atoms with Crippen molar-refractivity contribution in [2.24, 2.45) is 0 Å². The molecule has 0 unspecified atom stereocenters. The summed E-state index contributed by atoms with van der Waals surface area (Å²) in [6.45, 7) is 4.98. The van der Waals surface area contributed by atoms with Gasteiger partial charge in [-0.05, 0) is 86.4 Å². The van der Waals surface area contributed by atoms with Gasteiger partial charge in [-0.3, -0.25) is 4.79 Å². The molecular formula is C27H29N3O. The summed E-state index contributed by atoms with van der Waals surface area (Å²) in [6, 6.07) is 15.4. The van der Waals surface area contributed by atoms with Crippen LogP contribution < -0.4 is 0 Å². The summed E-state index contributed by atoms with van der Waals surface area (Å²) < 4.78 is 2.05. The van der Waals surface area contributed by atoms with Gasteiger partial charge in [0, 0.05) is 30.0 Å². The molecule has 31 heavy (non-hydrogen) atoms. The van der Waals surface area contributed by atoms with Gasteiger partial charge in [-0.1, -0.05) is 30.3 Å². The highest BCUT2D eigenvalue weighted by atomic mass is 16.2. The van der Waals surface area contributed by atoms with Crippen LogP contribution in [0, 0.1) is 13.8 Å². The van der Waals surface area contributed by atoms with Gasteiger partial charge in [-0.25, -0.2) is 4.98 Å². The molecule has 0 N–H and O–H groups in total. The summed E-state index contributed by atoms with van der Waals surface area (Å²) in [4.78, 5) is 19.8. The molecule has 0 radical (unpaired) electrons. The van der Waals surface area contributed by atoms with Crippen LogP contribution in [0.4, 0.5) is 0 Å². The van der Waals surface area contributed by atoms with Gasteiger partial charge in [0.1, 0.15) is 0 Å². The van der Waals surface area contributed by atoms with Crippen LogP contribution in [0.1, 0.15) is 47.2 Å². The number of aromatic nitrogens is 2. The first-order valence-electron chi connectivity index (χ1n) is 11.3. The van der Waals surface area contributed by atoms with E-state index in [1.807, 2.05) is 19.4 Å². The van der Waals surface area contributed by atoms with Crippen molar-refractivity contribution in [2.75, 3.05) is 6.54 Å². The first-order valence-corrected chi connectivity index (χ1v) is 11.3. The highest BCUT2D eigenvalue weighted by Gasteiger charge is 2.31. The summed E-state index contributed by atoms with van der Waals surface area (Å²) in [5.41, 5.74) is 8.19. The fraction of sp³-hybridized carbons (Fsp3) is 0.333. The summed E-state index contributed by atoms with van der Waals surface area (Å²) in [7, 11) is 0. The predicted molar refractivity (Wildman–Crippen MR) is 124 cm³/mol. The molecule has 0 spiro atoms. The maximum atomic E-state index is 13.4. The van der Waals surface area contributed by atoms with Gasteiger partial charge in [0.05, 0.1) is 12.0 Å². The third-order valence-electron chi connectivity index (χ3n) is 6.69. The van der Waals surface area contributed by atoms with Gasteiger partial charge in [-0.15, -0.1) is 0 Å². The lowest BCUT2D eigenvalue weighted by atomic mass is 9.86. The molecule has 1 fully saturated rings. The quantitative estimate of drug-likeness (QED) is 0.566. The molecule has 1 aliphatic carbocycles. The molecule has 0 saturated carbocycles. The first-order chi connectivity index (χ1) is 15.1. The lowest BCUT2D eigenvalue weighted by Crippen LogP contribution is -2.46. The monoisotopic (exact) mass is 411 g/mol. The lowest BCUT2D eigenvalue weighted by Gasteiger charge is -2.38. The number of carbonyl (C=O) groups is 1. The van der Waals surface area contributed by atoms with Crippen LogP contribution in [-0.2, 0) is 17.6 Å². The Balaban J connectivity index is 1.36. The van der Waals surface area contributed by atoms with E-state index in [9.17, 15) is 4.79 Å². The molecule has 1 aliphatic heterocycles. The van der Waals surface area contributed by atoms with E-state index in [0.717, 1.165) is 61.2 Å². The zero-order valence-electron chi connectivity index (χ0n) is 18.3. The van der Waals surface area contributed by atoms with Gasteiger partial charge in [-0.2, -0.15) is 0 Å². The van der Waals surface area contributed by atoms with Crippen molar-refractivity contribution in [1.29, 1.82) is 0 Å². The average molecular weight is 412 g/mol. The summed E-state index contributed by atoms with van der Waals surface area (Å²) in [5, 5.41) is 0. The van der Waals surface area contributed by atoms with Gasteiger partial charge >= 0.3 is 0 Å². The Kier molecular flexibility index (Phi) is 5.23.